The van der Waals surface area contributed by atoms with Crippen LogP contribution in [0.3, 0.4) is 0 Å². The van der Waals surface area contributed by atoms with Gasteiger partial charge in [-0.25, -0.2) is 5.01 Å². The first-order chi connectivity index (χ1) is 17.0. The van der Waals surface area contributed by atoms with Gasteiger partial charge < -0.3 is 19.2 Å². The van der Waals surface area contributed by atoms with E-state index in [-0.39, 0.29) is 6.42 Å². The molecule has 9 heteroatoms. The molecule has 2 atom stereocenters. The molecule has 0 aliphatic carbocycles. The van der Waals surface area contributed by atoms with Gasteiger partial charge in [-0.15, -0.1) is 0 Å². The Hall–Kier alpha value is -4.40. The number of anilines is 1. The second-order valence-electron chi connectivity index (χ2n) is 8.34. The molecule has 9 nitrogen and oxygen atoms in total. The molecular weight excluding hydrogens is 450 g/mol. The van der Waals surface area contributed by atoms with Crippen molar-refractivity contribution in [2.45, 2.75) is 31.9 Å². The molecule has 178 valence electrons. The maximum atomic E-state index is 13.0. The van der Waals surface area contributed by atoms with Gasteiger partial charge in [0.25, 0.3) is 11.8 Å². The van der Waals surface area contributed by atoms with Gasteiger partial charge in [-0.05, 0) is 36.8 Å². The van der Waals surface area contributed by atoms with E-state index in [0.29, 0.717) is 23.6 Å². The molecule has 1 aromatic heterocycles. The molecule has 0 saturated carbocycles. The number of nitrogens with one attached hydrogen (secondary N) is 1. The first kappa shape index (κ1) is 22.4. The predicted molar refractivity (Wildman–Crippen MR) is 126 cm³/mol. The van der Waals surface area contributed by atoms with E-state index in [1.807, 2.05) is 31.2 Å². The van der Waals surface area contributed by atoms with E-state index in [1.54, 1.807) is 36.4 Å². The lowest BCUT2D eigenvalue weighted by Crippen LogP contribution is -2.39. The second kappa shape index (κ2) is 9.46. The van der Waals surface area contributed by atoms with Crippen molar-refractivity contribution < 1.29 is 28.3 Å². The molecule has 2 aliphatic rings. The highest BCUT2D eigenvalue weighted by Crippen LogP contribution is 2.33. The average molecular weight is 473 g/mol. The summed E-state index contributed by atoms with van der Waals surface area (Å²) in [7, 11) is 0. The maximum absolute atomic E-state index is 13.0. The van der Waals surface area contributed by atoms with Crippen LogP contribution in [0.4, 0.5) is 5.69 Å². The number of carbonyl (C=O) groups excluding carboxylic acids is 3. The minimum atomic E-state index is -1.04. The molecule has 35 heavy (non-hydrogen) atoms. The van der Waals surface area contributed by atoms with Crippen LogP contribution in [0.1, 0.15) is 35.8 Å². The number of esters is 1. The highest BCUT2D eigenvalue weighted by atomic mass is 16.5. The van der Waals surface area contributed by atoms with E-state index >= 15 is 0 Å². The Bertz CT molecular complexity index is 1280. The second-order valence-corrected chi connectivity index (χ2v) is 8.34. The van der Waals surface area contributed by atoms with Gasteiger partial charge in [0, 0.05) is 6.42 Å². The lowest BCUT2D eigenvalue weighted by atomic mass is 10.0. The SMILES string of the molecule is Cc1ccc(C2=NN(C(=O)COC(=O)CC3Oc4ccccc4NC3=O)C(c3ccco3)C2)cc1. The monoisotopic (exact) mass is 473 g/mol. The summed E-state index contributed by atoms with van der Waals surface area (Å²) in [6.07, 6.45) is 0.634. The first-order valence-corrected chi connectivity index (χ1v) is 11.2. The zero-order chi connectivity index (χ0) is 24.4. The molecule has 2 amide bonds. The van der Waals surface area contributed by atoms with Crippen molar-refractivity contribution in [2.24, 2.45) is 5.10 Å². The standard InChI is InChI=1S/C26H23N3O6/c1-16-8-10-17(11-9-16)19-13-20(22-7-4-12-33-22)29(28-19)24(30)15-34-25(31)14-23-26(32)27-18-5-2-3-6-21(18)35-23/h2-12,20,23H,13-15H2,1H3,(H,27,32). The predicted octanol–water partition coefficient (Wildman–Crippen LogP) is 3.60. The smallest absolute Gasteiger partial charge is 0.310 e. The van der Waals surface area contributed by atoms with Crippen LogP contribution in [0.15, 0.2) is 76.4 Å². The van der Waals surface area contributed by atoms with Crippen LogP contribution >= 0.6 is 0 Å². The van der Waals surface area contributed by atoms with Crippen LogP contribution in [0.5, 0.6) is 5.75 Å². The Morgan fingerprint density at radius 3 is 2.69 bits per heavy atom. The molecular formula is C26H23N3O6. The van der Waals surface area contributed by atoms with Gasteiger partial charge in [0.1, 0.15) is 17.6 Å². The highest BCUT2D eigenvalue weighted by Gasteiger charge is 2.36. The molecule has 0 bridgehead atoms. The average Bonchev–Trinajstić information content (AvgIpc) is 3.54. The minimum Gasteiger partial charge on any atom is -0.478 e. The molecule has 2 aliphatic heterocycles. The Kier molecular flexibility index (Phi) is 6.05. The fourth-order valence-electron chi connectivity index (χ4n) is 4.01. The number of carbonyl (C=O) groups is 3. The molecule has 0 spiro atoms. The van der Waals surface area contributed by atoms with Crippen molar-refractivity contribution in [3.8, 4) is 5.75 Å². The van der Waals surface area contributed by atoms with Crippen molar-refractivity contribution >= 4 is 29.2 Å². The summed E-state index contributed by atoms with van der Waals surface area (Å²) in [4.78, 5) is 37.7. The van der Waals surface area contributed by atoms with Crippen molar-refractivity contribution in [3.63, 3.8) is 0 Å². The highest BCUT2D eigenvalue weighted by molar-refractivity contribution is 6.03. The molecule has 0 saturated heterocycles. The van der Waals surface area contributed by atoms with Gasteiger partial charge in [-0.1, -0.05) is 42.0 Å². The molecule has 2 unspecified atom stereocenters. The van der Waals surface area contributed by atoms with Crippen molar-refractivity contribution in [1.29, 1.82) is 0 Å². The van der Waals surface area contributed by atoms with Crippen molar-refractivity contribution in [2.75, 3.05) is 11.9 Å². The van der Waals surface area contributed by atoms with Crippen LogP contribution in [-0.4, -0.2) is 41.2 Å². The summed E-state index contributed by atoms with van der Waals surface area (Å²) in [5, 5.41) is 8.50. The normalized spacial score (nSPS) is 18.8. The van der Waals surface area contributed by atoms with Crippen LogP contribution in [0.2, 0.25) is 0 Å². The zero-order valence-corrected chi connectivity index (χ0v) is 19.0. The zero-order valence-electron chi connectivity index (χ0n) is 19.0. The number of para-hydroxylation sites is 2. The largest absolute Gasteiger partial charge is 0.478 e. The van der Waals surface area contributed by atoms with Crippen molar-refractivity contribution in [3.05, 3.63) is 83.8 Å². The van der Waals surface area contributed by atoms with Crippen LogP contribution in [0, 0.1) is 6.92 Å². The topological polar surface area (TPSA) is 110 Å². The van der Waals surface area contributed by atoms with Gasteiger partial charge in [0.2, 0.25) is 0 Å². The maximum Gasteiger partial charge on any atom is 0.310 e. The summed E-state index contributed by atoms with van der Waals surface area (Å²) >= 11 is 0. The van der Waals surface area contributed by atoms with Crippen LogP contribution in [0.25, 0.3) is 0 Å². The van der Waals surface area contributed by atoms with E-state index in [2.05, 4.69) is 10.4 Å². The number of fused-ring (bicyclic) bond motifs is 1. The molecule has 2 aromatic carbocycles. The fraction of sp³-hybridized carbons (Fsp3) is 0.231. The van der Waals surface area contributed by atoms with Crippen molar-refractivity contribution in [1.82, 2.24) is 5.01 Å². The minimum absolute atomic E-state index is 0.326. The fourth-order valence-corrected chi connectivity index (χ4v) is 4.01. The number of nitrogens with zero attached hydrogens (tertiary/aromatic N) is 2. The Morgan fingerprint density at radius 1 is 1.11 bits per heavy atom. The van der Waals surface area contributed by atoms with Gasteiger partial charge in [0.05, 0.1) is 24.1 Å². The molecule has 3 heterocycles. The Labute approximate surface area is 201 Å². The molecule has 5 rings (SSSR count). The van der Waals surface area contributed by atoms with Gasteiger partial charge in [0.15, 0.2) is 12.7 Å². The molecule has 0 fully saturated rings. The number of rotatable bonds is 6. The quantitative estimate of drug-likeness (QED) is 0.548. The number of amides is 2. The molecule has 1 N–H and O–H groups in total. The summed E-state index contributed by atoms with van der Waals surface area (Å²) in [6.45, 7) is 1.47. The number of benzene rings is 2. The summed E-state index contributed by atoms with van der Waals surface area (Å²) in [6, 6.07) is 17.9. The van der Waals surface area contributed by atoms with E-state index in [4.69, 9.17) is 13.9 Å². The summed E-state index contributed by atoms with van der Waals surface area (Å²) < 4.78 is 16.3. The summed E-state index contributed by atoms with van der Waals surface area (Å²) in [5.74, 6) is -0.619. The number of aryl methyl sites for hydroxylation is 1. The third-order valence-corrected chi connectivity index (χ3v) is 5.84. The third-order valence-electron chi connectivity index (χ3n) is 5.84. The summed E-state index contributed by atoms with van der Waals surface area (Å²) in [5.41, 5.74) is 3.30. The van der Waals surface area contributed by atoms with E-state index < -0.39 is 36.5 Å². The number of hydrogen-bond acceptors (Lipinski definition) is 7. The number of furan rings is 1. The van der Waals surface area contributed by atoms with E-state index in [0.717, 1.165) is 16.8 Å². The van der Waals surface area contributed by atoms with Crippen LogP contribution < -0.4 is 10.1 Å². The third kappa shape index (κ3) is 4.79. The van der Waals surface area contributed by atoms with Gasteiger partial charge >= 0.3 is 5.97 Å². The number of hydrazone groups is 1. The van der Waals surface area contributed by atoms with E-state index in [9.17, 15) is 14.4 Å². The molecule has 0 radical (unpaired) electrons. The lowest BCUT2D eigenvalue weighted by Gasteiger charge is -2.25. The Balaban J connectivity index is 1.24. The van der Waals surface area contributed by atoms with E-state index in [1.165, 1.54) is 11.3 Å². The van der Waals surface area contributed by atoms with Crippen LogP contribution in [-0.2, 0) is 19.1 Å². The lowest BCUT2D eigenvalue weighted by molar-refractivity contribution is -0.155. The number of hydrogen-bond donors (Lipinski definition) is 1. The molecule has 3 aromatic rings. The van der Waals surface area contributed by atoms with Gasteiger partial charge in [-0.3, -0.25) is 14.4 Å². The Morgan fingerprint density at radius 2 is 1.91 bits per heavy atom. The first-order valence-electron chi connectivity index (χ1n) is 11.2. The number of ether oxygens (including phenoxy) is 2. The van der Waals surface area contributed by atoms with Gasteiger partial charge in [-0.2, -0.15) is 5.10 Å².